The molecule has 6 nitrogen and oxygen atoms in total. The summed E-state index contributed by atoms with van der Waals surface area (Å²) >= 11 is 3.30. The molecule has 0 aromatic heterocycles. The topological polar surface area (TPSA) is 84.5 Å². The van der Waals surface area contributed by atoms with E-state index in [-0.39, 0.29) is 29.3 Å². The van der Waals surface area contributed by atoms with E-state index in [1.54, 1.807) is 43.3 Å². The maximum absolute atomic E-state index is 13.0. The summed E-state index contributed by atoms with van der Waals surface area (Å²) in [6.45, 7) is 1.54. The summed E-state index contributed by atoms with van der Waals surface area (Å²) in [7, 11) is -3.75. The van der Waals surface area contributed by atoms with E-state index in [9.17, 15) is 17.6 Å². The fourth-order valence-electron chi connectivity index (χ4n) is 2.71. The first-order chi connectivity index (χ1) is 14.7. The number of benzene rings is 3. The predicted octanol–water partition coefficient (Wildman–Crippen LogP) is 4.65. The molecule has 0 bridgehead atoms. The van der Waals surface area contributed by atoms with Gasteiger partial charge in [-0.25, -0.2) is 12.8 Å². The van der Waals surface area contributed by atoms with Crippen LogP contribution in [-0.4, -0.2) is 20.9 Å². The average Bonchev–Trinajstić information content (AvgIpc) is 2.74. The Balaban J connectivity index is 1.54. The van der Waals surface area contributed by atoms with Gasteiger partial charge in [0.05, 0.1) is 10.9 Å². The quantitative estimate of drug-likeness (QED) is 0.465. The van der Waals surface area contributed by atoms with Gasteiger partial charge in [0.15, 0.2) is 6.61 Å². The van der Waals surface area contributed by atoms with Crippen molar-refractivity contribution in [2.75, 3.05) is 11.3 Å². The minimum absolute atomic E-state index is 0.0668. The van der Waals surface area contributed by atoms with Crippen LogP contribution in [0.25, 0.3) is 0 Å². The van der Waals surface area contributed by atoms with Gasteiger partial charge in [0.2, 0.25) is 0 Å². The lowest BCUT2D eigenvalue weighted by Crippen LogP contribution is -2.31. The van der Waals surface area contributed by atoms with E-state index in [0.29, 0.717) is 11.4 Å². The zero-order valence-electron chi connectivity index (χ0n) is 16.5. The third-order valence-corrected chi connectivity index (χ3v) is 6.27. The third kappa shape index (κ3) is 6.53. The SMILES string of the molecule is CC(NC(=O)COc1ccc(S(=O)(=O)Nc2ccc(Br)cc2)cc1)c1ccc(F)cc1. The number of carbonyl (C=O) groups is 1. The Kier molecular flexibility index (Phi) is 7.29. The van der Waals surface area contributed by atoms with Crippen molar-refractivity contribution in [3.63, 3.8) is 0 Å². The molecular weight excluding hydrogens is 487 g/mol. The van der Waals surface area contributed by atoms with Crippen LogP contribution in [0.2, 0.25) is 0 Å². The highest BCUT2D eigenvalue weighted by molar-refractivity contribution is 9.10. The molecule has 0 saturated carbocycles. The lowest BCUT2D eigenvalue weighted by atomic mass is 10.1. The molecule has 3 aromatic rings. The largest absolute Gasteiger partial charge is 0.484 e. The molecule has 0 radical (unpaired) electrons. The Morgan fingerprint density at radius 3 is 2.23 bits per heavy atom. The van der Waals surface area contributed by atoms with Gasteiger partial charge in [-0.3, -0.25) is 9.52 Å². The van der Waals surface area contributed by atoms with Crippen molar-refractivity contribution in [2.24, 2.45) is 0 Å². The first-order valence-corrected chi connectivity index (χ1v) is 11.6. The standard InChI is InChI=1S/C22H20BrFN2O4S/c1-15(16-2-6-18(24)7-3-16)25-22(27)14-30-20-10-12-21(13-11-20)31(28,29)26-19-8-4-17(23)5-9-19/h2-13,15,26H,14H2,1H3,(H,25,27). The molecule has 162 valence electrons. The van der Waals surface area contributed by atoms with Gasteiger partial charge in [-0.1, -0.05) is 28.1 Å². The summed E-state index contributed by atoms with van der Waals surface area (Å²) in [5.74, 6) is -0.347. The van der Waals surface area contributed by atoms with Crippen LogP contribution in [0.15, 0.2) is 82.2 Å². The Morgan fingerprint density at radius 1 is 1.00 bits per heavy atom. The molecule has 1 unspecified atom stereocenters. The van der Waals surface area contributed by atoms with Crippen LogP contribution in [0.5, 0.6) is 5.75 Å². The minimum atomic E-state index is -3.75. The van der Waals surface area contributed by atoms with Gasteiger partial charge in [0.25, 0.3) is 15.9 Å². The van der Waals surface area contributed by atoms with Gasteiger partial charge < -0.3 is 10.1 Å². The van der Waals surface area contributed by atoms with E-state index >= 15 is 0 Å². The second kappa shape index (κ2) is 9.93. The van der Waals surface area contributed by atoms with Crippen LogP contribution in [0.3, 0.4) is 0 Å². The number of carbonyl (C=O) groups excluding carboxylic acids is 1. The van der Waals surface area contributed by atoms with E-state index < -0.39 is 10.0 Å². The Bertz CT molecular complexity index is 1140. The van der Waals surface area contributed by atoms with Gasteiger partial charge in [0.1, 0.15) is 11.6 Å². The van der Waals surface area contributed by atoms with E-state index in [2.05, 4.69) is 26.0 Å². The van der Waals surface area contributed by atoms with Crippen LogP contribution in [0, 0.1) is 5.82 Å². The molecule has 3 rings (SSSR count). The highest BCUT2D eigenvalue weighted by atomic mass is 79.9. The number of sulfonamides is 1. The molecule has 0 spiro atoms. The van der Waals surface area contributed by atoms with E-state index in [1.807, 2.05) is 0 Å². The first-order valence-electron chi connectivity index (χ1n) is 9.29. The second-order valence-corrected chi connectivity index (χ2v) is 9.31. The lowest BCUT2D eigenvalue weighted by Gasteiger charge is -2.15. The summed E-state index contributed by atoms with van der Waals surface area (Å²) < 4.78 is 46.7. The molecule has 3 aromatic carbocycles. The number of amides is 1. The number of hydrogen-bond acceptors (Lipinski definition) is 4. The van der Waals surface area contributed by atoms with Crippen molar-refractivity contribution in [3.8, 4) is 5.75 Å². The van der Waals surface area contributed by atoms with Crippen molar-refractivity contribution < 1.29 is 22.3 Å². The molecular formula is C22H20BrFN2O4S. The Labute approximate surface area is 188 Å². The van der Waals surface area contributed by atoms with Crippen molar-refractivity contribution in [3.05, 3.63) is 88.6 Å². The van der Waals surface area contributed by atoms with Crippen molar-refractivity contribution >= 4 is 37.5 Å². The molecule has 0 saturated heterocycles. The van der Waals surface area contributed by atoms with Gasteiger partial charge >= 0.3 is 0 Å². The van der Waals surface area contributed by atoms with Gasteiger partial charge in [0, 0.05) is 10.2 Å². The fraction of sp³-hybridized carbons (Fsp3) is 0.136. The maximum atomic E-state index is 13.0. The summed E-state index contributed by atoms with van der Waals surface area (Å²) in [5, 5.41) is 2.76. The Hall–Kier alpha value is -2.91. The van der Waals surface area contributed by atoms with Crippen LogP contribution in [-0.2, 0) is 14.8 Å². The summed E-state index contributed by atoms with van der Waals surface area (Å²) in [6.07, 6.45) is 0. The number of rotatable bonds is 8. The van der Waals surface area contributed by atoms with E-state index in [1.165, 1.54) is 36.4 Å². The van der Waals surface area contributed by atoms with Crippen LogP contribution in [0.4, 0.5) is 10.1 Å². The normalized spacial score (nSPS) is 12.1. The van der Waals surface area contributed by atoms with Crippen molar-refractivity contribution in [2.45, 2.75) is 17.9 Å². The number of anilines is 1. The smallest absolute Gasteiger partial charge is 0.261 e. The van der Waals surface area contributed by atoms with E-state index in [0.717, 1.165) is 10.0 Å². The molecule has 0 aliphatic heterocycles. The fourth-order valence-corrected chi connectivity index (χ4v) is 4.04. The molecule has 0 aliphatic carbocycles. The monoisotopic (exact) mass is 506 g/mol. The molecule has 1 amide bonds. The second-order valence-electron chi connectivity index (χ2n) is 6.71. The first kappa shape index (κ1) is 22.8. The molecule has 1 atom stereocenters. The third-order valence-electron chi connectivity index (χ3n) is 4.35. The maximum Gasteiger partial charge on any atom is 0.261 e. The van der Waals surface area contributed by atoms with Crippen LogP contribution in [0.1, 0.15) is 18.5 Å². The molecule has 0 fully saturated rings. The van der Waals surface area contributed by atoms with Gasteiger partial charge in [-0.05, 0) is 73.2 Å². The molecule has 0 aliphatic rings. The molecule has 2 N–H and O–H groups in total. The van der Waals surface area contributed by atoms with Crippen molar-refractivity contribution in [1.82, 2.24) is 5.32 Å². The van der Waals surface area contributed by atoms with E-state index in [4.69, 9.17) is 4.74 Å². The zero-order valence-corrected chi connectivity index (χ0v) is 18.9. The molecule has 0 heterocycles. The van der Waals surface area contributed by atoms with Gasteiger partial charge in [-0.15, -0.1) is 0 Å². The van der Waals surface area contributed by atoms with Gasteiger partial charge in [-0.2, -0.15) is 0 Å². The number of nitrogens with one attached hydrogen (secondary N) is 2. The summed E-state index contributed by atoms with van der Waals surface area (Å²) in [6, 6.07) is 18.1. The van der Waals surface area contributed by atoms with Crippen LogP contribution < -0.4 is 14.8 Å². The van der Waals surface area contributed by atoms with Crippen molar-refractivity contribution in [1.29, 1.82) is 0 Å². The lowest BCUT2D eigenvalue weighted by molar-refractivity contribution is -0.123. The molecule has 31 heavy (non-hydrogen) atoms. The zero-order chi connectivity index (χ0) is 22.4. The number of ether oxygens (including phenoxy) is 1. The highest BCUT2D eigenvalue weighted by Crippen LogP contribution is 2.21. The highest BCUT2D eigenvalue weighted by Gasteiger charge is 2.15. The number of halogens is 2. The molecule has 9 heteroatoms. The minimum Gasteiger partial charge on any atom is -0.484 e. The summed E-state index contributed by atoms with van der Waals surface area (Å²) in [5.41, 5.74) is 1.21. The van der Waals surface area contributed by atoms with Crippen LogP contribution >= 0.6 is 15.9 Å². The average molecular weight is 507 g/mol. The Morgan fingerprint density at radius 2 is 1.61 bits per heavy atom. The predicted molar refractivity (Wildman–Crippen MR) is 120 cm³/mol. The summed E-state index contributed by atoms with van der Waals surface area (Å²) in [4.78, 5) is 12.2. The number of hydrogen-bond donors (Lipinski definition) is 2.